The van der Waals surface area contributed by atoms with Gasteiger partial charge in [0.05, 0.1) is 0 Å². The highest BCUT2D eigenvalue weighted by Gasteiger charge is 2.27. The van der Waals surface area contributed by atoms with E-state index >= 15 is 0 Å². The van der Waals surface area contributed by atoms with Crippen molar-refractivity contribution in [3.05, 3.63) is 58.6 Å². The van der Waals surface area contributed by atoms with Crippen LogP contribution in [0, 0.1) is 5.92 Å². The molecule has 2 aliphatic rings. The maximum absolute atomic E-state index is 12.7. The Hall–Kier alpha value is -3.20. The summed E-state index contributed by atoms with van der Waals surface area (Å²) in [6, 6.07) is 11.4. The van der Waals surface area contributed by atoms with Gasteiger partial charge < -0.3 is 20.7 Å². The normalized spacial score (nSPS) is 23.9. The third-order valence-electron chi connectivity index (χ3n) is 7.46. The largest absolute Gasteiger partial charge is 0.444 e. The molecule has 0 bridgehead atoms. The standard InChI is InChI=1S/C29H41N5O4/c1-29(2,3)38-28(37)31-23-13-11-22(12-14-23)30-19-20-9-15-24(16-10-20)34-18-17-25(33-27(34)36)32-26(35)21-7-5-4-6-8-21/h4-8,17-18,20,22-24,30H,9-16,19H2,1-3H3,(H,31,37)(H,32,33,35,36). The molecule has 1 aromatic carbocycles. The van der Waals surface area contributed by atoms with E-state index in [0.717, 1.165) is 57.9 Å². The number of carbonyl (C=O) groups excluding carboxylic acids is 2. The minimum Gasteiger partial charge on any atom is -0.444 e. The molecule has 38 heavy (non-hydrogen) atoms. The van der Waals surface area contributed by atoms with E-state index in [-0.39, 0.29) is 35.6 Å². The van der Waals surface area contributed by atoms with E-state index in [0.29, 0.717) is 17.5 Å². The number of aromatic nitrogens is 2. The number of benzene rings is 1. The Labute approximate surface area is 224 Å². The van der Waals surface area contributed by atoms with Gasteiger partial charge in [-0.05, 0) is 103 Å². The number of alkyl carbamates (subject to hydrolysis) is 1. The van der Waals surface area contributed by atoms with Gasteiger partial charge in [0.25, 0.3) is 5.91 Å². The first-order valence-electron chi connectivity index (χ1n) is 13.8. The van der Waals surface area contributed by atoms with Gasteiger partial charge in [0, 0.05) is 29.9 Å². The zero-order valence-electron chi connectivity index (χ0n) is 22.7. The second-order valence-electron chi connectivity index (χ2n) is 11.6. The zero-order valence-corrected chi connectivity index (χ0v) is 22.7. The molecule has 0 radical (unpaired) electrons. The third kappa shape index (κ3) is 8.15. The van der Waals surface area contributed by atoms with Gasteiger partial charge in [-0.2, -0.15) is 4.98 Å². The number of nitrogens with zero attached hydrogens (tertiary/aromatic N) is 2. The lowest BCUT2D eigenvalue weighted by molar-refractivity contribution is 0.0489. The molecule has 9 heteroatoms. The van der Waals surface area contributed by atoms with Crippen LogP contribution in [0.15, 0.2) is 47.4 Å². The van der Waals surface area contributed by atoms with Crippen LogP contribution in [0.25, 0.3) is 0 Å². The van der Waals surface area contributed by atoms with E-state index < -0.39 is 5.60 Å². The number of rotatable bonds is 7. The second kappa shape index (κ2) is 12.6. The Morgan fingerprint density at radius 1 is 0.947 bits per heavy atom. The molecule has 1 heterocycles. The van der Waals surface area contributed by atoms with Crippen LogP contribution in [0.5, 0.6) is 0 Å². The number of carbonyl (C=O) groups is 2. The molecule has 3 N–H and O–H groups in total. The van der Waals surface area contributed by atoms with Crippen LogP contribution >= 0.6 is 0 Å². The summed E-state index contributed by atoms with van der Waals surface area (Å²) in [5.74, 6) is 0.585. The van der Waals surface area contributed by atoms with Crippen molar-refractivity contribution >= 4 is 17.8 Å². The highest BCUT2D eigenvalue weighted by atomic mass is 16.6. The van der Waals surface area contributed by atoms with Gasteiger partial charge >= 0.3 is 11.8 Å². The fourth-order valence-corrected chi connectivity index (χ4v) is 5.41. The van der Waals surface area contributed by atoms with Crippen LogP contribution in [0.1, 0.15) is 88.5 Å². The minimum absolute atomic E-state index is 0.138. The summed E-state index contributed by atoms with van der Waals surface area (Å²) in [5, 5.41) is 9.45. The lowest BCUT2D eigenvalue weighted by Gasteiger charge is -2.33. The molecule has 2 aliphatic carbocycles. The Morgan fingerprint density at radius 3 is 2.24 bits per heavy atom. The van der Waals surface area contributed by atoms with Gasteiger partial charge in [-0.25, -0.2) is 9.59 Å². The van der Waals surface area contributed by atoms with Gasteiger partial charge in [-0.3, -0.25) is 9.36 Å². The molecule has 0 saturated heterocycles. The third-order valence-corrected chi connectivity index (χ3v) is 7.46. The van der Waals surface area contributed by atoms with Gasteiger partial charge in [0.15, 0.2) is 0 Å². The molecule has 2 fully saturated rings. The van der Waals surface area contributed by atoms with Crippen LogP contribution in [0.2, 0.25) is 0 Å². The van der Waals surface area contributed by atoms with Crippen molar-refractivity contribution < 1.29 is 14.3 Å². The number of ether oxygens (including phenoxy) is 1. The van der Waals surface area contributed by atoms with Crippen LogP contribution < -0.4 is 21.6 Å². The fraction of sp³-hybridized carbons (Fsp3) is 0.586. The van der Waals surface area contributed by atoms with E-state index in [4.69, 9.17) is 4.74 Å². The summed E-state index contributed by atoms with van der Waals surface area (Å²) in [6.45, 7) is 6.61. The average molecular weight is 524 g/mol. The topological polar surface area (TPSA) is 114 Å². The molecule has 9 nitrogen and oxygen atoms in total. The molecule has 2 saturated carbocycles. The Kier molecular flexibility index (Phi) is 9.20. The first-order valence-corrected chi connectivity index (χ1v) is 13.8. The van der Waals surface area contributed by atoms with Gasteiger partial charge in [0.2, 0.25) is 0 Å². The minimum atomic E-state index is -0.476. The summed E-state index contributed by atoms with van der Waals surface area (Å²) < 4.78 is 7.08. The van der Waals surface area contributed by atoms with Crippen LogP contribution in [-0.4, -0.2) is 45.8 Å². The van der Waals surface area contributed by atoms with Gasteiger partial charge in [0.1, 0.15) is 11.4 Å². The first kappa shape index (κ1) is 27.8. The summed E-state index contributed by atoms with van der Waals surface area (Å²) in [4.78, 5) is 41.1. The number of hydrogen-bond acceptors (Lipinski definition) is 6. The molecule has 1 aromatic heterocycles. The molecule has 206 valence electrons. The van der Waals surface area contributed by atoms with Crippen molar-refractivity contribution in [2.75, 3.05) is 11.9 Å². The maximum atomic E-state index is 12.7. The number of hydrogen-bond donors (Lipinski definition) is 3. The van der Waals surface area contributed by atoms with E-state index in [1.165, 1.54) is 0 Å². The molecular weight excluding hydrogens is 482 g/mol. The Morgan fingerprint density at radius 2 is 1.61 bits per heavy atom. The van der Waals surface area contributed by atoms with Gasteiger partial charge in [-0.15, -0.1) is 0 Å². The molecule has 0 atom stereocenters. The average Bonchev–Trinajstić information content (AvgIpc) is 2.88. The van der Waals surface area contributed by atoms with E-state index in [1.807, 2.05) is 26.8 Å². The maximum Gasteiger partial charge on any atom is 0.407 e. The highest BCUT2D eigenvalue weighted by molar-refractivity contribution is 6.03. The Balaban J connectivity index is 1.17. The SMILES string of the molecule is CC(C)(C)OC(=O)NC1CCC(NCC2CCC(n3ccc(NC(=O)c4ccccc4)nc3=O)CC2)CC1. The van der Waals surface area contributed by atoms with Crippen LogP contribution in [0.3, 0.4) is 0 Å². The van der Waals surface area contributed by atoms with Crippen molar-refractivity contribution in [3.8, 4) is 0 Å². The molecule has 0 aliphatic heterocycles. The number of anilines is 1. The highest BCUT2D eigenvalue weighted by Crippen LogP contribution is 2.31. The van der Waals surface area contributed by atoms with Crippen LogP contribution in [-0.2, 0) is 4.74 Å². The Bertz CT molecular complexity index is 1130. The van der Waals surface area contributed by atoms with Crippen LogP contribution in [0.4, 0.5) is 10.6 Å². The monoisotopic (exact) mass is 523 g/mol. The quantitative estimate of drug-likeness (QED) is 0.487. The van der Waals surface area contributed by atoms with Crippen molar-refractivity contribution in [2.24, 2.45) is 5.92 Å². The lowest BCUT2D eigenvalue weighted by Crippen LogP contribution is -2.44. The summed E-state index contributed by atoms with van der Waals surface area (Å²) in [6.07, 6.45) is 9.44. The number of amides is 2. The smallest absolute Gasteiger partial charge is 0.407 e. The summed E-state index contributed by atoms with van der Waals surface area (Å²) in [7, 11) is 0. The predicted molar refractivity (Wildman–Crippen MR) is 147 cm³/mol. The van der Waals surface area contributed by atoms with Crippen molar-refractivity contribution in [1.82, 2.24) is 20.2 Å². The fourth-order valence-electron chi connectivity index (χ4n) is 5.41. The van der Waals surface area contributed by atoms with Crippen molar-refractivity contribution in [3.63, 3.8) is 0 Å². The lowest BCUT2D eigenvalue weighted by atomic mass is 9.85. The summed E-state index contributed by atoms with van der Waals surface area (Å²) >= 11 is 0. The predicted octanol–water partition coefficient (Wildman–Crippen LogP) is 4.65. The molecule has 2 amide bonds. The van der Waals surface area contributed by atoms with Gasteiger partial charge in [-0.1, -0.05) is 18.2 Å². The molecule has 4 rings (SSSR count). The molecule has 0 unspecified atom stereocenters. The van der Waals surface area contributed by atoms with E-state index in [2.05, 4.69) is 20.9 Å². The zero-order chi connectivity index (χ0) is 27.1. The van der Waals surface area contributed by atoms with E-state index in [9.17, 15) is 14.4 Å². The van der Waals surface area contributed by atoms with E-state index in [1.54, 1.807) is 41.1 Å². The number of nitrogens with one attached hydrogen (secondary N) is 3. The first-order chi connectivity index (χ1) is 18.2. The molecule has 0 spiro atoms. The molecule has 2 aromatic rings. The van der Waals surface area contributed by atoms with Crippen molar-refractivity contribution in [2.45, 2.75) is 95.9 Å². The molecular formula is C29H41N5O4. The summed E-state index contributed by atoms with van der Waals surface area (Å²) in [5.41, 5.74) is -0.277. The van der Waals surface area contributed by atoms with Crippen molar-refractivity contribution in [1.29, 1.82) is 0 Å². The second-order valence-corrected chi connectivity index (χ2v) is 11.6.